The number of hydrogen-bond acceptors (Lipinski definition) is 2. The highest BCUT2D eigenvalue weighted by molar-refractivity contribution is 5.15. The maximum Gasteiger partial charge on any atom is 0.150 e. The Labute approximate surface area is 89.6 Å². The molecule has 0 aliphatic carbocycles. The fraction of sp³-hybridized carbons (Fsp3) is 0.333. The summed E-state index contributed by atoms with van der Waals surface area (Å²) in [5.74, 6) is 1.88. The fourth-order valence-corrected chi connectivity index (χ4v) is 1.51. The second-order valence-electron chi connectivity index (χ2n) is 3.54. The van der Waals surface area contributed by atoms with Crippen LogP contribution in [0.5, 0.6) is 0 Å². The molecule has 3 nitrogen and oxygen atoms in total. The first-order valence-corrected chi connectivity index (χ1v) is 5.32. The van der Waals surface area contributed by atoms with Gasteiger partial charge in [0.05, 0.1) is 0 Å². The summed E-state index contributed by atoms with van der Waals surface area (Å²) in [7, 11) is 0. The van der Waals surface area contributed by atoms with E-state index in [-0.39, 0.29) is 0 Å². The average molecular weight is 201 g/mol. The highest BCUT2D eigenvalue weighted by Crippen LogP contribution is 2.03. The summed E-state index contributed by atoms with van der Waals surface area (Å²) in [6.45, 7) is 2.06. The smallest absolute Gasteiger partial charge is 0.150 e. The molecule has 0 spiro atoms. The van der Waals surface area contributed by atoms with Crippen LogP contribution in [0.1, 0.15) is 24.1 Å². The summed E-state index contributed by atoms with van der Waals surface area (Å²) in [5, 5.41) is 7.08. The standard InChI is InChI=1S/C12H15N3/c1-2-11-13-12(15-14-11)9-8-10-6-4-3-5-7-10/h3-7H,2,8-9H2,1H3,(H,13,14,15). The lowest BCUT2D eigenvalue weighted by atomic mass is 10.1. The van der Waals surface area contributed by atoms with E-state index in [1.165, 1.54) is 5.56 Å². The minimum absolute atomic E-state index is 0.891. The van der Waals surface area contributed by atoms with E-state index in [2.05, 4.69) is 46.4 Å². The molecule has 1 aromatic heterocycles. The van der Waals surface area contributed by atoms with E-state index in [1.807, 2.05) is 6.07 Å². The minimum Gasteiger partial charge on any atom is -0.263 e. The average Bonchev–Trinajstić information content (AvgIpc) is 2.76. The molecule has 1 N–H and O–H groups in total. The normalized spacial score (nSPS) is 10.5. The summed E-state index contributed by atoms with van der Waals surface area (Å²) in [6, 6.07) is 10.4. The van der Waals surface area contributed by atoms with Gasteiger partial charge in [0, 0.05) is 12.8 Å². The Balaban J connectivity index is 1.93. The summed E-state index contributed by atoms with van der Waals surface area (Å²) in [4.78, 5) is 4.38. The molecule has 3 heteroatoms. The molecule has 0 aliphatic heterocycles. The van der Waals surface area contributed by atoms with E-state index in [1.54, 1.807) is 0 Å². The molecule has 0 unspecified atom stereocenters. The minimum atomic E-state index is 0.891. The predicted molar refractivity (Wildman–Crippen MR) is 59.6 cm³/mol. The molecule has 0 fully saturated rings. The zero-order chi connectivity index (χ0) is 10.5. The van der Waals surface area contributed by atoms with Gasteiger partial charge in [0.2, 0.25) is 0 Å². The molecule has 2 aromatic rings. The molecule has 0 atom stereocenters. The van der Waals surface area contributed by atoms with Crippen molar-refractivity contribution in [2.24, 2.45) is 0 Å². The Morgan fingerprint density at radius 3 is 2.60 bits per heavy atom. The van der Waals surface area contributed by atoms with Crippen LogP contribution >= 0.6 is 0 Å². The van der Waals surface area contributed by atoms with Crippen molar-refractivity contribution >= 4 is 0 Å². The summed E-state index contributed by atoms with van der Waals surface area (Å²) < 4.78 is 0. The van der Waals surface area contributed by atoms with Crippen molar-refractivity contribution in [2.45, 2.75) is 26.2 Å². The Morgan fingerprint density at radius 1 is 1.13 bits per heavy atom. The van der Waals surface area contributed by atoms with Gasteiger partial charge in [-0.2, -0.15) is 5.10 Å². The summed E-state index contributed by atoms with van der Waals surface area (Å²) >= 11 is 0. The molecule has 1 aromatic carbocycles. The van der Waals surface area contributed by atoms with E-state index in [0.29, 0.717) is 0 Å². The Kier molecular flexibility index (Phi) is 3.12. The fourth-order valence-electron chi connectivity index (χ4n) is 1.51. The number of aromatic amines is 1. The topological polar surface area (TPSA) is 41.6 Å². The van der Waals surface area contributed by atoms with Crippen molar-refractivity contribution in [1.29, 1.82) is 0 Å². The molecular weight excluding hydrogens is 186 g/mol. The number of hydrogen-bond donors (Lipinski definition) is 1. The van der Waals surface area contributed by atoms with Gasteiger partial charge < -0.3 is 0 Å². The van der Waals surface area contributed by atoms with Gasteiger partial charge in [-0.15, -0.1) is 0 Å². The lowest BCUT2D eigenvalue weighted by molar-refractivity contribution is 0.865. The van der Waals surface area contributed by atoms with Gasteiger partial charge in [-0.25, -0.2) is 4.98 Å². The van der Waals surface area contributed by atoms with Crippen LogP contribution in [0.2, 0.25) is 0 Å². The molecule has 0 saturated carbocycles. The number of rotatable bonds is 4. The molecule has 0 bridgehead atoms. The molecule has 1 heterocycles. The van der Waals surface area contributed by atoms with Crippen LogP contribution in [-0.2, 0) is 19.3 Å². The number of benzene rings is 1. The van der Waals surface area contributed by atoms with Crippen LogP contribution in [0, 0.1) is 0 Å². The van der Waals surface area contributed by atoms with Crippen LogP contribution in [0.15, 0.2) is 30.3 Å². The second-order valence-corrected chi connectivity index (χ2v) is 3.54. The Bertz CT molecular complexity index is 406. The van der Waals surface area contributed by atoms with Crippen molar-refractivity contribution in [2.75, 3.05) is 0 Å². The molecule has 0 saturated heterocycles. The van der Waals surface area contributed by atoms with E-state index < -0.39 is 0 Å². The van der Waals surface area contributed by atoms with Gasteiger partial charge in [0.1, 0.15) is 11.6 Å². The number of aryl methyl sites for hydroxylation is 3. The first kappa shape index (κ1) is 9.90. The van der Waals surface area contributed by atoms with Crippen molar-refractivity contribution in [3.8, 4) is 0 Å². The maximum atomic E-state index is 4.38. The van der Waals surface area contributed by atoms with Gasteiger partial charge in [-0.05, 0) is 12.0 Å². The van der Waals surface area contributed by atoms with E-state index in [0.717, 1.165) is 30.9 Å². The van der Waals surface area contributed by atoms with Crippen molar-refractivity contribution in [3.63, 3.8) is 0 Å². The molecule has 15 heavy (non-hydrogen) atoms. The van der Waals surface area contributed by atoms with E-state index >= 15 is 0 Å². The molecule has 2 rings (SSSR count). The molecule has 0 radical (unpaired) electrons. The monoisotopic (exact) mass is 201 g/mol. The van der Waals surface area contributed by atoms with Gasteiger partial charge in [-0.3, -0.25) is 5.10 Å². The lowest BCUT2D eigenvalue weighted by Crippen LogP contribution is -1.93. The third-order valence-corrected chi connectivity index (χ3v) is 2.39. The second kappa shape index (κ2) is 4.73. The molecule has 0 aliphatic rings. The zero-order valence-electron chi connectivity index (χ0n) is 8.90. The number of H-pyrrole nitrogens is 1. The van der Waals surface area contributed by atoms with Crippen LogP contribution in [-0.4, -0.2) is 15.2 Å². The third kappa shape index (κ3) is 2.65. The summed E-state index contributed by atoms with van der Waals surface area (Å²) in [6.07, 6.45) is 2.83. The summed E-state index contributed by atoms with van der Waals surface area (Å²) in [5.41, 5.74) is 1.34. The Morgan fingerprint density at radius 2 is 1.93 bits per heavy atom. The first-order chi connectivity index (χ1) is 7.38. The van der Waals surface area contributed by atoms with Gasteiger partial charge in [0.25, 0.3) is 0 Å². The largest absolute Gasteiger partial charge is 0.263 e. The van der Waals surface area contributed by atoms with E-state index in [4.69, 9.17) is 0 Å². The molecular formula is C12H15N3. The zero-order valence-corrected chi connectivity index (χ0v) is 8.90. The third-order valence-electron chi connectivity index (χ3n) is 2.39. The van der Waals surface area contributed by atoms with Gasteiger partial charge in [0.15, 0.2) is 0 Å². The van der Waals surface area contributed by atoms with Gasteiger partial charge >= 0.3 is 0 Å². The predicted octanol–water partition coefficient (Wildman–Crippen LogP) is 2.15. The number of nitrogens with zero attached hydrogens (tertiary/aromatic N) is 2. The Hall–Kier alpha value is -1.64. The van der Waals surface area contributed by atoms with Crippen LogP contribution < -0.4 is 0 Å². The molecule has 78 valence electrons. The van der Waals surface area contributed by atoms with Crippen LogP contribution in [0.4, 0.5) is 0 Å². The van der Waals surface area contributed by atoms with Crippen LogP contribution in [0.3, 0.4) is 0 Å². The van der Waals surface area contributed by atoms with Crippen molar-refractivity contribution in [1.82, 2.24) is 15.2 Å². The van der Waals surface area contributed by atoms with Crippen molar-refractivity contribution in [3.05, 3.63) is 47.5 Å². The highest BCUT2D eigenvalue weighted by atomic mass is 15.2. The van der Waals surface area contributed by atoms with Crippen molar-refractivity contribution < 1.29 is 0 Å². The SMILES string of the molecule is CCc1n[nH]c(CCc2ccccc2)n1. The van der Waals surface area contributed by atoms with Crippen LogP contribution in [0.25, 0.3) is 0 Å². The van der Waals surface area contributed by atoms with E-state index in [9.17, 15) is 0 Å². The highest BCUT2D eigenvalue weighted by Gasteiger charge is 2.01. The molecule has 0 amide bonds. The quantitative estimate of drug-likeness (QED) is 0.823. The lowest BCUT2D eigenvalue weighted by Gasteiger charge is -1.97. The maximum absolute atomic E-state index is 4.38. The number of nitrogens with one attached hydrogen (secondary N) is 1. The number of aromatic nitrogens is 3. The first-order valence-electron chi connectivity index (χ1n) is 5.32. The van der Waals surface area contributed by atoms with Gasteiger partial charge in [-0.1, -0.05) is 37.3 Å².